The second kappa shape index (κ2) is 3.93. The lowest BCUT2D eigenvalue weighted by molar-refractivity contribution is 0.232. The van der Waals surface area contributed by atoms with Crippen LogP contribution in [0.1, 0.15) is 18.4 Å². The number of nitrogens with one attached hydrogen (secondary N) is 1. The zero-order valence-electron chi connectivity index (χ0n) is 8.16. The van der Waals surface area contributed by atoms with Gasteiger partial charge in [-0.25, -0.2) is 0 Å². The molecule has 0 heterocycles. The summed E-state index contributed by atoms with van der Waals surface area (Å²) in [5, 5.41) is 3.32. The summed E-state index contributed by atoms with van der Waals surface area (Å²) in [6, 6.07) is 11.6. The normalized spacial score (nSPS) is 26.8. The molecular weight excluding hydrogens is 158 g/mol. The smallest absolute Gasteiger partial charge is 0.00695 e. The minimum Gasteiger partial charge on any atom is -0.317 e. The van der Waals surface area contributed by atoms with E-state index in [2.05, 4.69) is 42.7 Å². The molecule has 0 radical (unpaired) electrons. The van der Waals surface area contributed by atoms with Gasteiger partial charge in [-0.15, -0.1) is 0 Å². The highest BCUT2D eigenvalue weighted by Crippen LogP contribution is 2.30. The molecule has 0 aliphatic heterocycles. The van der Waals surface area contributed by atoms with E-state index in [1.165, 1.54) is 24.8 Å². The summed E-state index contributed by atoms with van der Waals surface area (Å²) in [6.45, 7) is 0. The summed E-state index contributed by atoms with van der Waals surface area (Å²) in [6.07, 6.45) is 3.97. The molecule has 0 saturated heterocycles. The van der Waals surface area contributed by atoms with Crippen molar-refractivity contribution < 1.29 is 0 Å². The zero-order chi connectivity index (χ0) is 9.10. The molecule has 1 nitrogen and oxygen atoms in total. The first kappa shape index (κ1) is 8.76. The van der Waals surface area contributed by atoms with Crippen molar-refractivity contribution in [2.24, 2.45) is 5.92 Å². The first-order valence-electron chi connectivity index (χ1n) is 5.09. The van der Waals surface area contributed by atoms with E-state index in [1.807, 2.05) is 0 Å². The van der Waals surface area contributed by atoms with Crippen LogP contribution in [0.2, 0.25) is 0 Å². The van der Waals surface area contributed by atoms with Crippen molar-refractivity contribution in [1.82, 2.24) is 5.32 Å². The lowest BCUT2D eigenvalue weighted by atomic mass is 9.77. The lowest BCUT2D eigenvalue weighted by Gasteiger charge is -2.35. The molecule has 70 valence electrons. The number of hydrogen-bond donors (Lipinski definition) is 1. The maximum Gasteiger partial charge on any atom is 0.00695 e. The van der Waals surface area contributed by atoms with Crippen LogP contribution in [0, 0.1) is 5.92 Å². The third kappa shape index (κ3) is 2.10. The van der Waals surface area contributed by atoms with Crippen LogP contribution in [-0.2, 0) is 6.42 Å². The van der Waals surface area contributed by atoms with Crippen molar-refractivity contribution >= 4 is 0 Å². The molecule has 1 fully saturated rings. The van der Waals surface area contributed by atoms with Crippen molar-refractivity contribution in [3.8, 4) is 0 Å². The molecule has 1 saturated carbocycles. The minimum absolute atomic E-state index is 0.786. The van der Waals surface area contributed by atoms with Crippen LogP contribution in [0.15, 0.2) is 30.3 Å². The third-order valence-electron chi connectivity index (χ3n) is 3.01. The number of hydrogen-bond acceptors (Lipinski definition) is 1. The standard InChI is InChI=1S/C12H17N/c1-13-12-8-11(9-12)7-10-5-3-2-4-6-10/h2-6,11-13H,7-9H2,1H3. The molecule has 13 heavy (non-hydrogen) atoms. The fraction of sp³-hybridized carbons (Fsp3) is 0.500. The van der Waals surface area contributed by atoms with Crippen LogP contribution in [0.4, 0.5) is 0 Å². The average Bonchev–Trinajstić information content (AvgIpc) is 2.12. The summed E-state index contributed by atoms with van der Waals surface area (Å²) in [5.74, 6) is 0.917. The molecule has 0 spiro atoms. The number of benzene rings is 1. The lowest BCUT2D eigenvalue weighted by Crippen LogP contribution is -2.39. The van der Waals surface area contributed by atoms with E-state index in [0.29, 0.717) is 0 Å². The first-order valence-corrected chi connectivity index (χ1v) is 5.09. The van der Waals surface area contributed by atoms with Crippen LogP contribution >= 0.6 is 0 Å². The van der Waals surface area contributed by atoms with Gasteiger partial charge >= 0.3 is 0 Å². The maximum atomic E-state index is 3.32. The Hall–Kier alpha value is -0.820. The van der Waals surface area contributed by atoms with Gasteiger partial charge in [0.05, 0.1) is 0 Å². The van der Waals surface area contributed by atoms with Gasteiger partial charge in [-0.1, -0.05) is 30.3 Å². The Morgan fingerprint density at radius 1 is 1.23 bits per heavy atom. The van der Waals surface area contributed by atoms with Crippen molar-refractivity contribution in [3.63, 3.8) is 0 Å². The number of rotatable bonds is 3. The van der Waals surface area contributed by atoms with Gasteiger partial charge in [-0.3, -0.25) is 0 Å². The Balaban J connectivity index is 1.81. The molecule has 1 aliphatic carbocycles. The SMILES string of the molecule is CNC1CC(Cc2ccccc2)C1. The second-order valence-corrected chi connectivity index (χ2v) is 4.01. The Bertz CT molecular complexity index is 249. The van der Waals surface area contributed by atoms with Crippen LogP contribution in [-0.4, -0.2) is 13.1 Å². The predicted molar refractivity (Wildman–Crippen MR) is 55.7 cm³/mol. The molecule has 0 aromatic heterocycles. The third-order valence-corrected chi connectivity index (χ3v) is 3.01. The molecule has 1 heteroatoms. The first-order chi connectivity index (χ1) is 6.38. The minimum atomic E-state index is 0.786. The molecule has 0 unspecified atom stereocenters. The van der Waals surface area contributed by atoms with Gasteiger partial charge in [0, 0.05) is 6.04 Å². The molecule has 0 amide bonds. The Morgan fingerprint density at radius 3 is 2.54 bits per heavy atom. The highest BCUT2D eigenvalue weighted by atomic mass is 14.9. The molecule has 2 rings (SSSR count). The van der Waals surface area contributed by atoms with Crippen molar-refractivity contribution in [2.75, 3.05) is 7.05 Å². The highest BCUT2D eigenvalue weighted by molar-refractivity contribution is 5.16. The van der Waals surface area contributed by atoms with Gasteiger partial charge in [0.1, 0.15) is 0 Å². The maximum absolute atomic E-state index is 3.32. The zero-order valence-corrected chi connectivity index (χ0v) is 8.16. The summed E-state index contributed by atoms with van der Waals surface area (Å²) >= 11 is 0. The van der Waals surface area contributed by atoms with E-state index in [0.717, 1.165) is 12.0 Å². The Kier molecular flexibility index (Phi) is 2.65. The van der Waals surface area contributed by atoms with E-state index >= 15 is 0 Å². The van der Waals surface area contributed by atoms with Crippen LogP contribution in [0.3, 0.4) is 0 Å². The molecular formula is C12H17N. The van der Waals surface area contributed by atoms with Gasteiger partial charge in [0.25, 0.3) is 0 Å². The molecule has 1 aromatic rings. The van der Waals surface area contributed by atoms with Crippen LogP contribution in [0.5, 0.6) is 0 Å². The largest absolute Gasteiger partial charge is 0.317 e. The quantitative estimate of drug-likeness (QED) is 0.742. The van der Waals surface area contributed by atoms with Gasteiger partial charge in [-0.05, 0) is 37.8 Å². The fourth-order valence-corrected chi connectivity index (χ4v) is 2.09. The molecule has 1 N–H and O–H groups in total. The summed E-state index contributed by atoms with van der Waals surface area (Å²) in [5.41, 5.74) is 1.49. The van der Waals surface area contributed by atoms with E-state index < -0.39 is 0 Å². The van der Waals surface area contributed by atoms with Crippen LogP contribution < -0.4 is 5.32 Å². The second-order valence-electron chi connectivity index (χ2n) is 4.01. The van der Waals surface area contributed by atoms with Gasteiger partial charge in [0.15, 0.2) is 0 Å². The van der Waals surface area contributed by atoms with E-state index in [-0.39, 0.29) is 0 Å². The molecule has 1 aromatic carbocycles. The average molecular weight is 175 g/mol. The van der Waals surface area contributed by atoms with Gasteiger partial charge < -0.3 is 5.32 Å². The van der Waals surface area contributed by atoms with Crippen molar-refractivity contribution in [1.29, 1.82) is 0 Å². The van der Waals surface area contributed by atoms with Crippen molar-refractivity contribution in [2.45, 2.75) is 25.3 Å². The molecule has 0 atom stereocenters. The van der Waals surface area contributed by atoms with Gasteiger partial charge in [-0.2, -0.15) is 0 Å². The van der Waals surface area contributed by atoms with E-state index in [1.54, 1.807) is 0 Å². The highest BCUT2D eigenvalue weighted by Gasteiger charge is 2.27. The Morgan fingerprint density at radius 2 is 1.92 bits per heavy atom. The van der Waals surface area contributed by atoms with E-state index in [4.69, 9.17) is 0 Å². The summed E-state index contributed by atoms with van der Waals surface area (Å²) in [4.78, 5) is 0. The fourth-order valence-electron chi connectivity index (χ4n) is 2.09. The predicted octanol–water partition coefficient (Wildman–Crippen LogP) is 2.23. The van der Waals surface area contributed by atoms with Crippen LogP contribution in [0.25, 0.3) is 0 Å². The molecule has 1 aliphatic rings. The van der Waals surface area contributed by atoms with E-state index in [9.17, 15) is 0 Å². The summed E-state index contributed by atoms with van der Waals surface area (Å²) < 4.78 is 0. The monoisotopic (exact) mass is 175 g/mol. The topological polar surface area (TPSA) is 12.0 Å². The summed E-state index contributed by atoms with van der Waals surface area (Å²) in [7, 11) is 2.06. The molecule has 0 bridgehead atoms. The van der Waals surface area contributed by atoms with Gasteiger partial charge in [0.2, 0.25) is 0 Å². The van der Waals surface area contributed by atoms with Crippen molar-refractivity contribution in [3.05, 3.63) is 35.9 Å². The Labute approximate surface area is 80.2 Å².